The molecule has 3 amide bonds. The molecule has 116 valence electrons. The molecule has 6 nitrogen and oxygen atoms in total. The van der Waals surface area contributed by atoms with Gasteiger partial charge in [0.05, 0.1) is 30.0 Å². The van der Waals surface area contributed by atoms with Gasteiger partial charge in [0.1, 0.15) is 0 Å². The number of nitrogens with zero attached hydrogens (tertiary/aromatic N) is 1. The number of hydrogen-bond donors (Lipinski definition) is 3. The number of urea groups is 1. The minimum atomic E-state index is -0.606. The number of carbonyl (C=O) groups is 2. The lowest BCUT2D eigenvalue weighted by Gasteiger charge is -2.26. The predicted molar refractivity (Wildman–Crippen MR) is 80.9 cm³/mol. The highest BCUT2D eigenvalue weighted by Gasteiger charge is 2.40. The molecule has 0 radical (unpaired) electrons. The van der Waals surface area contributed by atoms with E-state index in [1.807, 2.05) is 31.2 Å². The molecule has 3 rings (SSSR count). The van der Waals surface area contributed by atoms with Gasteiger partial charge in [0.2, 0.25) is 0 Å². The van der Waals surface area contributed by atoms with Crippen molar-refractivity contribution in [1.82, 2.24) is 15.5 Å². The average molecular weight is 301 g/mol. The molecule has 3 N–H and O–H groups in total. The van der Waals surface area contributed by atoms with Gasteiger partial charge in [-0.3, -0.25) is 4.79 Å². The number of aliphatic hydroxyl groups is 1. The fourth-order valence-electron chi connectivity index (χ4n) is 3.04. The van der Waals surface area contributed by atoms with Crippen molar-refractivity contribution in [2.45, 2.75) is 26.0 Å². The van der Waals surface area contributed by atoms with Crippen molar-refractivity contribution in [3.05, 3.63) is 46.7 Å². The summed E-state index contributed by atoms with van der Waals surface area (Å²) in [6, 6.07) is 6.93. The first-order valence-corrected chi connectivity index (χ1v) is 7.31. The monoisotopic (exact) mass is 301 g/mol. The zero-order valence-corrected chi connectivity index (χ0v) is 12.6. The molecule has 0 unspecified atom stereocenters. The number of aliphatic hydroxyl groups excluding tert-OH is 1. The fourth-order valence-corrected chi connectivity index (χ4v) is 3.04. The largest absolute Gasteiger partial charge is 0.392 e. The number of rotatable bonds is 3. The molecule has 0 saturated carbocycles. The van der Waals surface area contributed by atoms with Crippen molar-refractivity contribution in [3.8, 4) is 0 Å². The lowest BCUT2D eigenvalue weighted by Crippen LogP contribution is -2.44. The van der Waals surface area contributed by atoms with Gasteiger partial charge in [-0.05, 0) is 25.0 Å². The normalized spacial score (nSPS) is 22.3. The molecule has 2 aliphatic rings. The van der Waals surface area contributed by atoms with E-state index < -0.39 is 12.1 Å². The summed E-state index contributed by atoms with van der Waals surface area (Å²) in [6.45, 7) is 4.17. The number of carbonyl (C=O) groups excluding carboxylic acids is 2. The van der Waals surface area contributed by atoms with Gasteiger partial charge in [-0.2, -0.15) is 0 Å². The van der Waals surface area contributed by atoms with Crippen LogP contribution >= 0.6 is 0 Å². The van der Waals surface area contributed by atoms with Crippen molar-refractivity contribution in [2.75, 3.05) is 13.1 Å². The molecule has 1 aromatic rings. The first-order chi connectivity index (χ1) is 10.5. The van der Waals surface area contributed by atoms with E-state index in [9.17, 15) is 14.7 Å². The molecule has 0 bridgehead atoms. The van der Waals surface area contributed by atoms with Gasteiger partial charge in [0, 0.05) is 6.54 Å². The molecule has 0 aliphatic carbocycles. The van der Waals surface area contributed by atoms with Gasteiger partial charge >= 0.3 is 6.03 Å². The minimum Gasteiger partial charge on any atom is -0.392 e. The number of amides is 3. The Balaban J connectivity index is 1.98. The van der Waals surface area contributed by atoms with Crippen molar-refractivity contribution < 1.29 is 14.7 Å². The number of nitrogens with one attached hydrogen (secondary N) is 2. The van der Waals surface area contributed by atoms with E-state index in [-0.39, 0.29) is 18.5 Å². The highest BCUT2D eigenvalue weighted by molar-refractivity contribution is 6.01. The van der Waals surface area contributed by atoms with Gasteiger partial charge < -0.3 is 20.6 Å². The second kappa shape index (κ2) is 5.46. The van der Waals surface area contributed by atoms with Crippen LogP contribution in [0.15, 0.2) is 35.5 Å². The molecule has 2 aliphatic heterocycles. The van der Waals surface area contributed by atoms with Crippen LogP contribution in [0.1, 0.15) is 24.1 Å². The zero-order valence-electron chi connectivity index (χ0n) is 12.6. The van der Waals surface area contributed by atoms with Crippen molar-refractivity contribution in [2.24, 2.45) is 0 Å². The van der Waals surface area contributed by atoms with Gasteiger partial charge in [-0.25, -0.2) is 4.79 Å². The van der Waals surface area contributed by atoms with Crippen molar-refractivity contribution in [1.29, 1.82) is 0 Å². The quantitative estimate of drug-likeness (QED) is 0.773. The van der Waals surface area contributed by atoms with Crippen LogP contribution in [-0.4, -0.2) is 41.1 Å². The molecule has 22 heavy (non-hydrogen) atoms. The Morgan fingerprint density at radius 2 is 2.09 bits per heavy atom. The maximum atomic E-state index is 12.6. The van der Waals surface area contributed by atoms with Crippen LogP contribution in [0.4, 0.5) is 4.79 Å². The first kappa shape index (κ1) is 14.6. The van der Waals surface area contributed by atoms with Crippen LogP contribution in [0.2, 0.25) is 0 Å². The molecule has 1 aromatic carbocycles. The van der Waals surface area contributed by atoms with E-state index in [0.717, 1.165) is 11.1 Å². The van der Waals surface area contributed by atoms with Crippen LogP contribution in [0.3, 0.4) is 0 Å². The maximum Gasteiger partial charge on any atom is 0.319 e. The second-order valence-corrected chi connectivity index (χ2v) is 5.81. The average Bonchev–Trinajstić information content (AvgIpc) is 2.74. The van der Waals surface area contributed by atoms with Crippen LogP contribution in [0.25, 0.3) is 0 Å². The number of β-amino-alcohol motifs (C(OH)–C–C–N with tert-alkyl or cyclic N) is 1. The SMILES string of the molecule is Cc1ccccc1[C@H]1NC(=O)NC2=C1C(=O)N(C[C@H](C)O)C2. The van der Waals surface area contributed by atoms with Gasteiger partial charge in [-0.1, -0.05) is 24.3 Å². The number of aryl methyl sites for hydroxylation is 1. The van der Waals surface area contributed by atoms with E-state index in [0.29, 0.717) is 17.8 Å². The fraction of sp³-hybridized carbons (Fsp3) is 0.375. The first-order valence-electron chi connectivity index (χ1n) is 7.31. The molecular formula is C16H19N3O3. The molecule has 0 spiro atoms. The Morgan fingerprint density at radius 1 is 1.36 bits per heavy atom. The molecule has 2 atom stereocenters. The van der Waals surface area contributed by atoms with E-state index in [2.05, 4.69) is 10.6 Å². The second-order valence-electron chi connectivity index (χ2n) is 5.81. The summed E-state index contributed by atoms with van der Waals surface area (Å²) in [5, 5.41) is 15.1. The number of benzene rings is 1. The van der Waals surface area contributed by atoms with E-state index in [1.165, 1.54) is 0 Å². The smallest absolute Gasteiger partial charge is 0.319 e. The summed E-state index contributed by atoms with van der Waals surface area (Å²) in [5.41, 5.74) is 3.12. The molecule has 0 fully saturated rings. The topological polar surface area (TPSA) is 81.7 Å². The Labute approximate surface area is 128 Å². The standard InChI is InChI=1S/C16H19N3O3/c1-9-5-3-4-6-11(9)14-13-12(17-16(22)18-14)8-19(15(13)21)7-10(2)20/h3-6,10,14,20H,7-8H2,1-2H3,(H2,17,18,22)/t10-,14+/m0/s1. The summed E-state index contributed by atoms with van der Waals surface area (Å²) in [5.74, 6) is -0.142. The predicted octanol–water partition coefficient (Wildman–Crippen LogP) is 0.826. The van der Waals surface area contributed by atoms with Crippen LogP contribution in [0, 0.1) is 6.92 Å². The summed E-state index contributed by atoms with van der Waals surface area (Å²) in [7, 11) is 0. The summed E-state index contributed by atoms with van der Waals surface area (Å²) in [6.07, 6.45) is -0.606. The van der Waals surface area contributed by atoms with Gasteiger partial charge in [0.25, 0.3) is 5.91 Å². The minimum absolute atomic E-state index is 0.142. The Kier molecular flexibility index (Phi) is 3.62. The third-order valence-electron chi connectivity index (χ3n) is 4.00. The number of hydrogen-bond acceptors (Lipinski definition) is 3. The van der Waals surface area contributed by atoms with Gasteiger partial charge in [0.15, 0.2) is 0 Å². The van der Waals surface area contributed by atoms with Crippen LogP contribution in [-0.2, 0) is 4.79 Å². The lowest BCUT2D eigenvalue weighted by molar-refractivity contribution is -0.126. The third kappa shape index (κ3) is 2.46. The van der Waals surface area contributed by atoms with Crippen molar-refractivity contribution >= 4 is 11.9 Å². The Bertz CT molecular complexity index is 666. The third-order valence-corrected chi connectivity index (χ3v) is 4.00. The Morgan fingerprint density at radius 3 is 2.77 bits per heavy atom. The highest BCUT2D eigenvalue weighted by atomic mass is 16.3. The molecular weight excluding hydrogens is 282 g/mol. The van der Waals surface area contributed by atoms with Gasteiger partial charge in [-0.15, -0.1) is 0 Å². The lowest BCUT2D eigenvalue weighted by atomic mass is 9.93. The zero-order chi connectivity index (χ0) is 15.9. The van der Waals surface area contributed by atoms with Crippen LogP contribution in [0.5, 0.6) is 0 Å². The van der Waals surface area contributed by atoms with E-state index >= 15 is 0 Å². The molecule has 6 heteroatoms. The maximum absolute atomic E-state index is 12.6. The van der Waals surface area contributed by atoms with Crippen molar-refractivity contribution in [3.63, 3.8) is 0 Å². The molecule has 0 aromatic heterocycles. The molecule has 0 saturated heterocycles. The summed E-state index contributed by atoms with van der Waals surface area (Å²) in [4.78, 5) is 26.1. The van der Waals surface area contributed by atoms with E-state index in [4.69, 9.17) is 0 Å². The highest BCUT2D eigenvalue weighted by Crippen LogP contribution is 2.33. The summed E-state index contributed by atoms with van der Waals surface area (Å²) < 4.78 is 0. The Hall–Kier alpha value is -2.34. The summed E-state index contributed by atoms with van der Waals surface area (Å²) >= 11 is 0. The van der Waals surface area contributed by atoms with E-state index in [1.54, 1.807) is 11.8 Å². The molecule has 2 heterocycles. The van der Waals surface area contributed by atoms with Crippen LogP contribution < -0.4 is 10.6 Å².